The monoisotopic (exact) mass is 396 g/mol. The predicted molar refractivity (Wildman–Crippen MR) is 108 cm³/mol. The summed E-state index contributed by atoms with van der Waals surface area (Å²) in [6, 6.07) is 2.19. The fourth-order valence-corrected chi connectivity index (χ4v) is 3.61. The Bertz CT molecular complexity index is 806. The van der Waals surface area contributed by atoms with E-state index in [1.54, 1.807) is 12.3 Å². The van der Waals surface area contributed by atoms with Gasteiger partial charge in [-0.15, -0.1) is 0 Å². The van der Waals surface area contributed by atoms with Crippen molar-refractivity contribution in [1.82, 2.24) is 9.88 Å². The Morgan fingerprint density at radius 3 is 2.26 bits per heavy atom. The van der Waals surface area contributed by atoms with Crippen molar-refractivity contribution >= 4 is 34.1 Å². The van der Waals surface area contributed by atoms with E-state index in [-0.39, 0.29) is 0 Å². The highest BCUT2D eigenvalue weighted by atomic mass is 32.2. The topological polar surface area (TPSA) is 84.0 Å². The number of hydrogen-bond acceptors (Lipinski definition) is 7. The maximum atomic E-state index is 11.9. The van der Waals surface area contributed by atoms with Crippen LogP contribution in [0.15, 0.2) is 12.3 Å². The molecule has 1 aromatic heterocycles. The first-order chi connectivity index (χ1) is 12.3. The maximum Gasteiger partial charge on any atom is 0.496 e. The molecule has 0 atom stereocenters. The summed E-state index contributed by atoms with van der Waals surface area (Å²) in [6.07, 6.45) is 2.84. The lowest BCUT2D eigenvalue weighted by Gasteiger charge is -2.44. The molecule has 0 saturated carbocycles. The molecule has 3 heterocycles. The van der Waals surface area contributed by atoms with Crippen LogP contribution >= 0.6 is 0 Å². The van der Waals surface area contributed by atoms with Crippen LogP contribution < -0.4 is 15.1 Å². The summed E-state index contributed by atoms with van der Waals surface area (Å²) in [4.78, 5) is 8.75. The molecular weight excluding hydrogens is 367 g/mol. The van der Waals surface area contributed by atoms with Crippen molar-refractivity contribution in [2.24, 2.45) is 0 Å². The number of nitrogens with zero attached hydrogens (tertiary/aromatic N) is 3. The number of anilines is 2. The van der Waals surface area contributed by atoms with E-state index in [9.17, 15) is 8.42 Å². The summed E-state index contributed by atoms with van der Waals surface area (Å²) in [6.45, 7) is 9.51. The van der Waals surface area contributed by atoms with Crippen LogP contribution in [0.1, 0.15) is 27.7 Å². The summed E-state index contributed by atoms with van der Waals surface area (Å²) in [7, 11) is 0.0317. The van der Waals surface area contributed by atoms with Gasteiger partial charge in [0, 0.05) is 30.8 Å². The molecule has 2 aliphatic heterocycles. The molecule has 150 valence electrons. The number of rotatable bonds is 5. The van der Waals surface area contributed by atoms with Crippen LogP contribution in [0.5, 0.6) is 0 Å². The van der Waals surface area contributed by atoms with Crippen molar-refractivity contribution in [1.29, 1.82) is 0 Å². The average molecular weight is 396 g/mol. The molecular formula is C17H29BN4O4S. The van der Waals surface area contributed by atoms with Crippen molar-refractivity contribution in [3.8, 4) is 0 Å². The van der Waals surface area contributed by atoms with Crippen molar-refractivity contribution in [3.63, 3.8) is 0 Å². The van der Waals surface area contributed by atoms with E-state index < -0.39 is 28.3 Å². The summed E-state index contributed by atoms with van der Waals surface area (Å²) in [5.41, 5.74) is 0.184. The Labute approximate surface area is 162 Å². The largest absolute Gasteiger partial charge is 0.496 e. The van der Waals surface area contributed by atoms with Crippen LogP contribution in [0.2, 0.25) is 0 Å². The van der Waals surface area contributed by atoms with Gasteiger partial charge in [-0.05, 0) is 47.9 Å². The first-order valence-corrected chi connectivity index (χ1v) is 10.9. The smallest absolute Gasteiger partial charge is 0.399 e. The van der Waals surface area contributed by atoms with Crippen molar-refractivity contribution in [2.75, 3.05) is 43.1 Å². The molecule has 1 N–H and O–H groups in total. The normalized spacial score (nSPS) is 22.2. The minimum absolute atomic E-state index is 0.431. The third kappa shape index (κ3) is 4.08. The second-order valence-electron chi connectivity index (χ2n) is 8.62. The van der Waals surface area contributed by atoms with Gasteiger partial charge in [0.2, 0.25) is 10.0 Å². The number of likely N-dealkylation sites (N-methyl/N-ethyl adjacent to an activating group) is 1. The first-order valence-electron chi connectivity index (χ1n) is 9.04. The van der Waals surface area contributed by atoms with Crippen LogP contribution in [-0.2, 0) is 19.3 Å². The molecule has 2 aliphatic rings. The average Bonchev–Trinajstić information content (AvgIpc) is 2.65. The van der Waals surface area contributed by atoms with Crippen LogP contribution in [0, 0.1) is 0 Å². The van der Waals surface area contributed by atoms with Crippen LogP contribution in [0.25, 0.3) is 0 Å². The fraction of sp³-hybridized carbons (Fsp3) is 0.706. The summed E-state index contributed by atoms with van der Waals surface area (Å²) < 4.78 is 38.5. The summed E-state index contributed by atoms with van der Waals surface area (Å²) in [5, 5.41) is 0. The lowest BCUT2D eigenvalue weighted by atomic mass is 9.80. The third-order valence-corrected chi connectivity index (χ3v) is 6.19. The molecule has 0 radical (unpaired) electrons. The molecule has 2 saturated heterocycles. The predicted octanol–water partition coefficient (Wildman–Crippen LogP) is 0.503. The second-order valence-corrected chi connectivity index (χ2v) is 10.4. The van der Waals surface area contributed by atoms with Gasteiger partial charge in [-0.1, -0.05) is 0 Å². The van der Waals surface area contributed by atoms with E-state index in [1.165, 1.54) is 0 Å². The number of aromatic nitrogens is 1. The van der Waals surface area contributed by atoms with Crippen LogP contribution in [-0.4, -0.2) is 76.1 Å². The van der Waals surface area contributed by atoms with Gasteiger partial charge in [0.1, 0.15) is 0 Å². The quantitative estimate of drug-likeness (QED) is 0.726. The Morgan fingerprint density at radius 2 is 1.78 bits per heavy atom. The molecule has 0 amide bonds. The summed E-state index contributed by atoms with van der Waals surface area (Å²) in [5.74, 6) is 0.624. The minimum atomic E-state index is -3.44. The molecule has 27 heavy (non-hydrogen) atoms. The van der Waals surface area contributed by atoms with E-state index in [2.05, 4.69) is 19.5 Å². The van der Waals surface area contributed by atoms with E-state index in [0.717, 1.165) is 19.3 Å². The zero-order valence-corrected chi connectivity index (χ0v) is 17.9. The van der Waals surface area contributed by atoms with Gasteiger partial charge in [0.05, 0.1) is 23.1 Å². The van der Waals surface area contributed by atoms with Gasteiger partial charge < -0.3 is 19.1 Å². The van der Waals surface area contributed by atoms with Gasteiger partial charge >= 0.3 is 7.12 Å². The molecule has 0 spiro atoms. The van der Waals surface area contributed by atoms with E-state index in [0.29, 0.717) is 23.0 Å². The molecule has 0 aromatic carbocycles. The van der Waals surface area contributed by atoms with Gasteiger partial charge in [0.25, 0.3) is 0 Å². The molecule has 10 heteroatoms. The van der Waals surface area contributed by atoms with Crippen LogP contribution in [0.4, 0.5) is 11.5 Å². The van der Waals surface area contributed by atoms with Crippen molar-refractivity contribution in [2.45, 2.75) is 44.9 Å². The van der Waals surface area contributed by atoms with Crippen molar-refractivity contribution < 1.29 is 17.7 Å². The highest BCUT2D eigenvalue weighted by molar-refractivity contribution is 7.92. The first kappa shape index (κ1) is 20.4. The SMILES string of the molecule is CN(C)C1CN(c2ncc(B3OC(C)(C)C(C)(C)O3)cc2NS(C)(=O)=O)C1. The minimum Gasteiger partial charge on any atom is -0.399 e. The van der Waals surface area contributed by atoms with E-state index >= 15 is 0 Å². The van der Waals surface area contributed by atoms with Gasteiger partial charge in [-0.2, -0.15) is 0 Å². The maximum absolute atomic E-state index is 11.9. The third-order valence-electron chi connectivity index (χ3n) is 5.60. The Morgan fingerprint density at radius 1 is 1.22 bits per heavy atom. The lowest BCUT2D eigenvalue weighted by molar-refractivity contribution is 0.00578. The molecule has 3 rings (SSSR count). The number of pyridine rings is 1. The molecule has 0 unspecified atom stereocenters. The van der Waals surface area contributed by atoms with Crippen molar-refractivity contribution in [3.05, 3.63) is 12.3 Å². The summed E-state index contributed by atoms with van der Waals surface area (Å²) >= 11 is 0. The number of sulfonamides is 1. The molecule has 1 aromatic rings. The zero-order valence-electron chi connectivity index (χ0n) is 17.1. The van der Waals surface area contributed by atoms with E-state index in [1.807, 2.05) is 41.8 Å². The van der Waals surface area contributed by atoms with Gasteiger partial charge in [-0.3, -0.25) is 4.72 Å². The van der Waals surface area contributed by atoms with Gasteiger partial charge in [0.15, 0.2) is 5.82 Å². The highest BCUT2D eigenvalue weighted by Crippen LogP contribution is 2.37. The van der Waals surface area contributed by atoms with E-state index in [4.69, 9.17) is 9.31 Å². The molecule has 0 bridgehead atoms. The molecule has 8 nitrogen and oxygen atoms in total. The number of nitrogens with one attached hydrogen (secondary N) is 1. The standard InChI is InChI=1S/C17H29BN4O4S/c1-16(2)17(3,4)26-18(25-16)12-8-14(20-27(7,23)24)15(19-9-12)22-10-13(11-22)21(5)6/h8-9,13,20H,10-11H2,1-7H3. The molecule has 2 fully saturated rings. The molecule has 0 aliphatic carbocycles. The second kappa shape index (κ2) is 6.61. The van der Waals surface area contributed by atoms with Gasteiger partial charge in [-0.25, -0.2) is 13.4 Å². The number of hydrogen-bond donors (Lipinski definition) is 1. The van der Waals surface area contributed by atoms with Crippen LogP contribution in [0.3, 0.4) is 0 Å². The lowest BCUT2D eigenvalue weighted by Crippen LogP contribution is -2.58. The highest BCUT2D eigenvalue weighted by Gasteiger charge is 2.52. The Hall–Kier alpha value is -1.36. The fourth-order valence-electron chi connectivity index (χ4n) is 3.06. The Kier molecular flexibility index (Phi) is 4.99. The zero-order chi connectivity index (χ0) is 20.2. The Balaban J connectivity index is 1.89.